The zero-order chi connectivity index (χ0) is 21.3. The van der Waals surface area contributed by atoms with Crippen molar-refractivity contribution in [2.75, 3.05) is 13.7 Å². The van der Waals surface area contributed by atoms with Gasteiger partial charge in [0.05, 0.1) is 25.2 Å². The van der Waals surface area contributed by atoms with Crippen molar-refractivity contribution in [2.45, 2.75) is 46.5 Å². The van der Waals surface area contributed by atoms with Gasteiger partial charge < -0.3 is 19.2 Å². The first-order chi connectivity index (χ1) is 13.8. The van der Waals surface area contributed by atoms with Crippen LogP contribution in [0.4, 0.5) is 0 Å². The van der Waals surface area contributed by atoms with Crippen LogP contribution in [0, 0.1) is 18.8 Å². The molecule has 3 rings (SSSR count). The molecule has 1 N–H and O–H groups in total. The fourth-order valence-electron chi connectivity index (χ4n) is 4.12. The van der Waals surface area contributed by atoms with Crippen LogP contribution in [0.5, 0.6) is 0 Å². The highest BCUT2D eigenvalue weighted by atomic mass is 16.5. The molecule has 29 heavy (non-hydrogen) atoms. The number of esters is 2. The summed E-state index contributed by atoms with van der Waals surface area (Å²) in [6.45, 7) is 7.63. The number of carbonyl (C=O) groups excluding carboxylic acids is 3. The molecular formula is C22H27NO6. The van der Waals surface area contributed by atoms with Crippen molar-refractivity contribution in [3.8, 4) is 0 Å². The van der Waals surface area contributed by atoms with E-state index in [0.29, 0.717) is 46.9 Å². The lowest BCUT2D eigenvalue weighted by Crippen LogP contribution is -2.43. The molecule has 0 saturated heterocycles. The lowest BCUT2D eigenvalue weighted by atomic mass is 9.70. The maximum Gasteiger partial charge on any atom is 0.336 e. The maximum atomic E-state index is 13.4. The molecule has 2 aliphatic rings. The number of hydrogen-bond acceptors (Lipinski definition) is 7. The van der Waals surface area contributed by atoms with Gasteiger partial charge in [0.2, 0.25) is 0 Å². The van der Waals surface area contributed by atoms with E-state index in [1.165, 1.54) is 7.11 Å². The number of aryl methyl sites for hydroxylation is 1. The summed E-state index contributed by atoms with van der Waals surface area (Å²) in [5, 5.41) is 3.21. The monoisotopic (exact) mass is 401 g/mol. The van der Waals surface area contributed by atoms with Gasteiger partial charge >= 0.3 is 11.9 Å². The first-order valence-corrected chi connectivity index (χ1v) is 9.86. The van der Waals surface area contributed by atoms with E-state index in [2.05, 4.69) is 5.32 Å². The molecule has 156 valence electrons. The first-order valence-electron chi connectivity index (χ1n) is 9.86. The number of dihydropyridines is 1. The normalized spacial score (nSPS) is 24.2. The van der Waals surface area contributed by atoms with E-state index in [1.54, 1.807) is 26.0 Å². The Kier molecular flexibility index (Phi) is 5.96. The smallest absolute Gasteiger partial charge is 0.336 e. The second-order valence-electron chi connectivity index (χ2n) is 7.62. The number of ketones is 1. The first kappa shape index (κ1) is 20.9. The summed E-state index contributed by atoms with van der Waals surface area (Å²) >= 11 is 0. The van der Waals surface area contributed by atoms with E-state index in [9.17, 15) is 14.4 Å². The number of Topliss-reactive ketones (excluding diaryl/α,β-unsaturated/α-hetero) is 1. The molecule has 0 unspecified atom stereocenters. The summed E-state index contributed by atoms with van der Waals surface area (Å²) < 4.78 is 16.1. The van der Waals surface area contributed by atoms with Gasteiger partial charge in [-0.25, -0.2) is 4.79 Å². The minimum absolute atomic E-state index is 0.221. The fourth-order valence-corrected chi connectivity index (χ4v) is 4.12. The zero-order valence-electron chi connectivity index (χ0n) is 17.5. The van der Waals surface area contributed by atoms with Crippen molar-refractivity contribution in [3.05, 3.63) is 46.2 Å². The van der Waals surface area contributed by atoms with E-state index < -0.39 is 23.8 Å². The van der Waals surface area contributed by atoms with Gasteiger partial charge in [0.15, 0.2) is 5.78 Å². The molecule has 1 aliphatic carbocycles. The summed E-state index contributed by atoms with van der Waals surface area (Å²) in [7, 11) is 1.27. The van der Waals surface area contributed by atoms with E-state index in [1.807, 2.05) is 13.8 Å². The number of rotatable bonds is 5. The number of furan rings is 1. The van der Waals surface area contributed by atoms with Gasteiger partial charge in [0, 0.05) is 17.0 Å². The van der Waals surface area contributed by atoms with Crippen LogP contribution in [0.1, 0.15) is 51.1 Å². The summed E-state index contributed by atoms with van der Waals surface area (Å²) in [6.07, 6.45) is 1.18. The maximum absolute atomic E-state index is 13.4. The van der Waals surface area contributed by atoms with E-state index in [0.717, 1.165) is 0 Å². The third-order valence-corrected chi connectivity index (χ3v) is 5.45. The average molecular weight is 401 g/mol. The molecule has 3 atom stereocenters. The van der Waals surface area contributed by atoms with Crippen molar-refractivity contribution < 1.29 is 28.3 Å². The highest BCUT2D eigenvalue weighted by Crippen LogP contribution is 2.45. The van der Waals surface area contributed by atoms with Gasteiger partial charge in [-0.15, -0.1) is 0 Å². The summed E-state index contributed by atoms with van der Waals surface area (Å²) in [5.41, 5.74) is 2.05. The molecule has 0 saturated carbocycles. The van der Waals surface area contributed by atoms with Gasteiger partial charge in [-0.3, -0.25) is 9.59 Å². The number of allylic oxidation sites excluding steroid dienone is 3. The Hall–Kier alpha value is -2.83. The molecule has 7 nitrogen and oxygen atoms in total. The van der Waals surface area contributed by atoms with Gasteiger partial charge in [0.25, 0.3) is 0 Å². The van der Waals surface area contributed by atoms with Gasteiger partial charge in [0.1, 0.15) is 17.4 Å². The van der Waals surface area contributed by atoms with Gasteiger partial charge in [-0.05, 0) is 44.7 Å². The minimum Gasteiger partial charge on any atom is -0.468 e. The zero-order valence-corrected chi connectivity index (χ0v) is 17.5. The minimum atomic E-state index is -0.912. The van der Waals surface area contributed by atoms with Gasteiger partial charge in [-0.1, -0.05) is 13.8 Å². The van der Waals surface area contributed by atoms with Crippen LogP contribution < -0.4 is 5.32 Å². The summed E-state index contributed by atoms with van der Waals surface area (Å²) in [6, 6.07) is 3.55. The third-order valence-electron chi connectivity index (χ3n) is 5.45. The van der Waals surface area contributed by atoms with Crippen LogP contribution in [0.2, 0.25) is 0 Å². The molecular weight excluding hydrogens is 374 g/mol. The van der Waals surface area contributed by atoms with Crippen molar-refractivity contribution in [3.63, 3.8) is 0 Å². The number of nitrogens with one attached hydrogen (secondary N) is 1. The van der Waals surface area contributed by atoms with Gasteiger partial charge in [-0.2, -0.15) is 0 Å². The fraction of sp³-hybridized carbons (Fsp3) is 0.500. The summed E-state index contributed by atoms with van der Waals surface area (Å²) in [4.78, 5) is 38.6. The van der Waals surface area contributed by atoms with E-state index in [4.69, 9.17) is 13.9 Å². The Bertz CT molecular complexity index is 906. The molecule has 0 radical (unpaired) electrons. The van der Waals surface area contributed by atoms with Crippen LogP contribution in [-0.2, 0) is 23.9 Å². The number of methoxy groups -OCH3 is 1. The van der Waals surface area contributed by atoms with Crippen LogP contribution >= 0.6 is 0 Å². The quantitative estimate of drug-likeness (QED) is 0.598. The van der Waals surface area contributed by atoms with Crippen molar-refractivity contribution in [1.29, 1.82) is 0 Å². The lowest BCUT2D eigenvalue weighted by molar-refractivity contribution is -0.151. The Morgan fingerprint density at radius 1 is 1.28 bits per heavy atom. The van der Waals surface area contributed by atoms with Crippen LogP contribution in [0.3, 0.4) is 0 Å². The van der Waals surface area contributed by atoms with E-state index >= 15 is 0 Å². The second kappa shape index (κ2) is 8.27. The standard InChI is InChI=1S/C22H27NO6/c1-6-9-28-22(26)17-13(4)23-14-10-11(2)16(21(25)27-5)20(24)18(14)19(17)15-8-7-12(3)29-15/h7-8,11,16,19,23H,6,9-10H2,1-5H3/t11-,16+,19+/m0/s1. The Labute approximate surface area is 170 Å². The predicted octanol–water partition coefficient (Wildman–Crippen LogP) is 3.15. The SMILES string of the molecule is CCCOC(=O)C1=C(C)NC2=C(C(=O)[C@H](C(=O)OC)[C@@H](C)C2)[C@@H]1c1ccc(C)o1. The average Bonchev–Trinajstić information content (AvgIpc) is 3.10. The van der Waals surface area contributed by atoms with Crippen molar-refractivity contribution in [2.24, 2.45) is 11.8 Å². The molecule has 7 heteroatoms. The van der Waals surface area contributed by atoms with Crippen LogP contribution in [0.25, 0.3) is 0 Å². The number of ether oxygens (including phenoxy) is 2. The second-order valence-corrected chi connectivity index (χ2v) is 7.62. The predicted molar refractivity (Wildman–Crippen MR) is 105 cm³/mol. The number of hydrogen-bond donors (Lipinski definition) is 1. The number of carbonyl (C=O) groups is 3. The molecule has 0 amide bonds. The Morgan fingerprint density at radius 3 is 2.59 bits per heavy atom. The highest BCUT2D eigenvalue weighted by Gasteiger charge is 2.48. The molecule has 2 heterocycles. The largest absolute Gasteiger partial charge is 0.468 e. The molecule has 0 spiro atoms. The molecule has 0 bridgehead atoms. The molecule has 1 aliphatic heterocycles. The molecule has 1 aromatic heterocycles. The lowest BCUT2D eigenvalue weighted by Gasteiger charge is -2.37. The molecule has 1 aromatic rings. The third kappa shape index (κ3) is 3.73. The van der Waals surface area contributed by atoms with Crippen molar-refractivity contribution in [1.82, 2.24) is 5.32 Å². The molecule has 0 fully saturated rings. The van der Waals surface area contributed by atoms with Crippen LogP contribution in [0.15, 0.2) is 39.1 Å². The van der Waals surface area contributed by atoms with E-state index in [-0.39, 0.29) is 18.3 Å². The van der Waals surface area contributed by atoms with Crippen molar-refractivity contribution >= 4 is 17.7 Å². The van der Waals surface area contributed by atoms with Crippen LogP contribution in [-0.4, -0.2) is 31.4 Å². The topological polar surface area (TPSA) is 94.8 Å². The molecule has 0 aromatic carbocycles. The Morgan fingerprint density at radius 2 is 2.00 bits per heavy atom. The highest BCUT2D eigenvalue weighted by molar-refractivity contribution is 6.12. The Balaban J connectivity index is 2.13. The summed E-state index contributed by atoms with van der Waals surface area (Å²) in [5.74, 6) is -2.12.